The quantitative estimate of drug-likeness (QED) is 0.466. The minimum atomic E-state index is -0.219. The van der Waals surface area contributed by atoms with Crippen molar-refractivity contribution in [2.24, 2.45) is 0 Å². The van der Waals surface area contributed by atoms with Gasteiger partial charge in [-0.2, -0.15) is 0 Å². The minimum absolute atomic E-state index is 0.00771. The molecule has 3 aromatic rings. The summed E-state index contributed by atoms with van der Waals surface area (Å²) >= 11 is 0. The van der Waals surface area contributed by atoms with Crippen LogP contribution in [0.5, 0.6) is 11.5 Å². The van der Waals surface area contributed by atoms with E-state index in [0.717, 1.165) is 18.4 Å². The van der Waals surface area contributed by atoms with Gasteiger partial charge < -0.3 is 23.7 Å². The molecule has 1 saturated carbocycles. The van der Waals surface area contributed by atoms with E-state index in [4.69, 9.17) is 13.9 Å². The molecule has 2 aromatic carbocycles. The summed E-state index contributed by atoms with van der Waals surface area (Å²) in [5.74, 6) is 1.37. The van der Waals surface area contributed by atoms with Crippen LogP contribution < -0.4 is 9.47 Å². The number of rotatable bonds is 10. The van der Waals surface area contributed by atoms with E-state index in [2.05, 4.69) is 0 Å². The van der Waals surface area contributed by atoms with Crippen molar-refractivity contribution in [2.75, 3.05) is 20.8 Å². The first-order valence-corrected chi connectivity index (χ1v) is 11.0. The maximum Gasteiger partial charge on any atom is 0.258 e. The van der Waals surface area contributed by atoms with Crippen LogP contribution >= 0.6 is 0 Å². The number of ether oxygens (including phenoxy) is 2. The Labute approximate surface area is 193 Å². The van der Waals surface area contributed by atoms with Gasteiger partial charge in [0, 0.05) is 18.7 Å². The highest BCUT2D eigenvalue weighted by atomic mass is 16.5. The molecule has 0 spiro atoms. The molecule has 1 aliphatic rings. The monoisotopic (exact) mass is 448 g/mol. The summed E-state index contributed by atoms with van der Waals surface area (Å²) in [6.07, 6.45) is 3.36. The lowest BCUT2D eigenvalue weighted by atomic mass is 10.1. The number of hydrogen-bond donors (Lipinski definition) is 0. The Morgan fingerprint density at radius 1 is 0.970 bits per heavy atom. The van der Waals surface area contributed by atoms with Crippen molar-refractivity contribution in [1.82, 2.24) is 9.80 Å². The third-order valence-electron chi connectivity index (χ3n) is 5.69. The molecule has 1 heterocycles. The maximum atomic E-state index is 13.5. The largest absolute Gasteiger partial charge is 0.497 e. The van der Waals surface area contributed by atoms with Gasteiger partial charge in [0.15, 0.2) is 0 Å². The van der Waals surface area contributed by atoms with Crippen LogP contribution in [0.4, 0.5) is 0 Å². The standard InChI is InChI=1S/C26H28N2O5/c1-31-21-12-13-23(24(15-21)32-2)26(30)28(20-10-11-20)18-25(29)27(17-22-9-6-14-33-22)16-19-7-4-3-5-8-19/h3-9,12-15,20H,10-11,16-18H2,1-2H3. The van der Waals surface area contributed by atoms with Gasteiger partial charge in [0.1, 0.15) is 23.8 Å². The topological polar surface area (TPSA) is 72.2 Å². The fourth-order valence-electron chi connectivity index (χ4n) is 3.76. The normalized spacial score (nSPS) is 12.8. The fraction of sp³-hybridized carbons (Fsp3) is 0.308. The molecule has 2 amide bonds. The number of methoxy groups -OCH3 is 2. The average Bonchev–Trinajstić information content (AvgIpc) is 3.56. The number of amides is 2. The molecule has 1 fully saturated rings. The highest BCUT2D eigenvalue weighted by Crippen LogP contribution is 2.32. The lowest BCUT2D eigenvalue weighted by molar-refractivity contribution is -0.133. The first kappa shape index (κ1) is 22.5. The maximum absolute atomic E-state index is 13.5. The molecule has 0 radical (unpaired) electrons. The zero-order valence-electron chi connectivity index (χ0n) is 18.9. The molecular formula is C26H28N2O5. The molecule has 1 aromatic heterocycles. The summed E-state index contributed by atoms with van der Waals surface area (Å²) in [6.45, 7) is 0.754. The Bertz CT molecular complexity index is 1080. The molecule has 0 N–H and O–H groups in total. The van der Waals surface area contributed by atoms with Gasteiger partial charge in [0.25, 0.3) is 5.91 Å². The summed E-state index contributed by atoms with van der Waals surface area (Å²) in [5.41, 5.74) is 1.43. The van der Waals surface area contributed by atoms with E-state index >= 15 is 0 Å². The van der Waals surface area contributed by atoms with E-state index in [-0.39, 0.29) is 24.4 Å². The molecule has 4 rings (SSSR count). The zero-order valence-corrected chi connectivity index (χ0v) is 18.9. The SMILES string of the molecule is COc1ccc(C(=O)N(CC(=O)N(Cc2ccccc2)Cc2ccco2)C2CC2)c(OC)c1. The van der Waals surface area contributed by atoms with E-state index in [9.17, 15) is 9.59 Å². The number of carbonyl (C=O) groups excluding carboxylic acids is 2. The van der Waals surface area contributed by atoms with Gasteiger partial charge in [0.2, 0.25) is 5.91 Å². The summed E-state index contributed by atoms with van der Waals surface area (Å²) in [6, 6.07) is 18.6. The minimum Gasteiger partial charge on any atom is -0.497 e. The molecule has 172 valence electrons. The summed E-state index contributed by atoms with van der Waals surface area (Å²) in [7, 11) is 3.08. The molecule has 7 nitrogen and oxygen atoms in total. The third kappa shape index (κ3) is 5.55. The van der Waals surface area contributed by atoms with Gasteiger partial charge in [0.05, 0.1) is 32.6 Å². The Kier molecular flexibility index (Phi) is 6.98. The Balaban J connectivity index is 1.55. The van der Waals surface area contributed by atoms with Crippen molar-refractivity contribution >= 4 is 11.8 Å². The smallest absolute Gasteiger partial charge is 0.258 e. The predicted molar refractivity (Wildman–Crippen MR) is 123 cm³/mol. The van der Waals surface area contributed by atoms with Crippen LogP contribution in [0.3, 0.4) is 0 Å². The van der Waals surface area contributed by atoms with Crippen molar-refractivity contribution in [3.8, 4) is 11.5 Å². The zero-order chi connectivity index (χ0) is 23.2. The van der Waals surface area contributed by atoms with Crippen LogP contribution in [0.25, 0.3) is 0 Å². The molecule has 0 atom stereocenters. The van der Waals surface area contributed by atoms with Crippen LogP contribution in [-0.2, 0) is 17.9 Å². The van der Waals surface area contributed by atoms with E-state index in [1.165, 1.54) is 7.11 Å². The van der Waals surface area contributed by atoms with Gasteiger partial charge in [-0.3, -0.25) is 9.59 Å². The van der Waals surface area contributed by atoms with Crippen molar-refractivity contribution in [1.29, 1.82) is 0 Å². The van der Waals surface area contributed by atoms with Crippen LogP contribution in [0.2, 0.25) is 0 Å². The van der Waals surface area contributed by atoms with Crippen molar-refractivity contribution in [3.63, 3.8) is 0 Å². The molecule has 0 unspecified atom stereocenters. The summed E-state index contributed by atoms with van der Waals surface area (Å²) < 4.78 is 16.1. The lowest BCUT2D eigenvalue weighted by Gasteiger charge is -2.28. The van der Waals surface area contributed by atoms with Gasteiger partial charge in [-0.05, 0) is 42.7 Å². The second-order valence-corrected chi connectivity index (χ2v) is 8.05. The molecule has 7 heteroatoms. The van der Waals surface area contributed by atoms with Crippen molar-refractivity contribution in [3.05, 3.63) is 83.8 Å². The predicted octanol–water partition coefficient (Wildman–Crippen LogP) is 4.13. The molecule has 1 aliphatic carbocycles. The van der Waals surface area contributed by atoms with Crippen LogP contribution in [0.15, 0.2) is 71.3 Å². The third-order valence-corrected chi connectivity index (χ3v) is 5.69. The lowest BCUT2D eigenvalue weighted by Crippen LogP contribution is -2.43. The highest BCUT2D eigenvalue weighted by Gasteiger charge is 2.36. The second kappa shape index (κ2) is 10.3. The Morgan fingerprint density at radius 2 is 1.76 bits per heavy atom. The van der Waals surface area contributed by atoms with E-state index < -0.39 is 0 Å². The van der Waals surface area contributed by atoms with E-state index in [1.54, 1.807) is 47.4 Å². The van der Waals surface area contributed by atoms with E-state index in [0.29, 0.717) is 35.9 Å². The number of carbonyl (C=O) groups is 2. The van der Waals surface area contributed by atoms with Crippen molar-refractivity contribution < 1.29 is 23.5 Å². The van der Waals surface area contributed by atoms with E-state index in [1.807, 2.05) is 36.4 Å². The number of hydrogen-bond acceptors (Lipinski definition) is 5. The van der Waals surface area contributed by atoms with Crippen LogP contribution in [-0.4, -0.2) is 48.4 Å². The molecular weight excluding hydrogens is 420 g/mol. The van der Waals surface area contributed by atoms with Gasteiger partial charge in [-0.25, -0.2) is 0 Å². The Morgan fingerprint density at radius 3 is 2.39 bits per heavy atom. The van der Waals surface area contributed by atoms with Gasteiger partial charge in [-0.15, -0.1) is 0 Å². The average molecular weight is 449 g/mol. The summed E-state index contributed by atoms with van der Waals surface area (Å²) in [4.78, 5) is 30.3. The Hall–Kier alpha value is -3.74. The van der Waals surface area contributed by atoms with Crippen LogP contribution in [0, 0.1) is 0 Å². The van der Waals surface area contributed by atoms with Gasteiger partial charge in [-0.1, -0.05) is 30.3 Å². The first-order valence-electron chi connectivity index (χ1n) is 11.0. The fourth-order valence-corrected chi connectivity index (χ4v) is 3.76. The van der Waals surface area contributed by atoms with Crippen molar-refractivity contribution in [2.45, 2.75) is 32.0 Å². The second-order valence-electron chi connectivity index (χ2n) is 8.05. The number of nitrogens with zero attached hydrogens (tertiary/aromatic N) is 2. The first-order chi connectivity index (χ1) is 16.1. The molecule has 0 aliphatic heterocycles. The van der Waals surface area contributed by atoms with Crippen LogP contribution in [0.1, 0.15) is 34.5 Å². The molecule has 33 heavy (non-hydrogen) atoms. The number of furan rings is 1. The molecule has 0 bridgehead atoms. The molecule has 0 saturated heterocycles. The number of benzene rings is 2. The summed E-state index contributed by atoms with van der Waals surface area (Å²) in [5, 5.41) is 0. The van der Waals surface area contributed by atoms with Gasteiger partial charge >= 0.3 is 0 Å². The highest BCUT2D eigenvalue weighted by molar-refractivity contribution is 5.99.